The normalized spacial score (nSPS) is 14.6. The van der Waals surface area contributed by atoms with Crippen molar-refractivity contribution in [3.05, 3.63) is 113 Å². The van der Waals surface area contributed by atoms with Crippen LogP contribution in [0.1, 0.15) is 22.7 Å². The molecule has 0 radical (unpaired) electrons. The van der Waals surface area contributed by atoms with Crippen molar-refractivity contribution in [3.63, 3.8) is 0 Å². The van der Waals surface area contributed by atoms with Crippen LogP contribution in [0.15, 0.2) is 84.4 Å². The van der Waals surface area contributed by atoms with E-state index in [4.69, 9.17) is 0 Å². The van der Waals surface area contributed by atoms with Crippen molar-refractivity contribution in [2.45, 2.75) is 6.04 Å². The molecular weight excluding hydrogens is 404 g/mol. The summed E-state index contributed by atoms with van der Waals surface area (Å²) in [7, 11) is -3.75. The van der Waals surface area contributed by atoms with Crippen LogP contribution in [0.4, 0.5) is 8.78 Å². The van der Waals surface area contributed by atoms with Crippen molar-refractivity contribution in [1.29, 1.82) is 0 Å². The van der Waals surface area contributed by atoms with Gasteiger partial charge >= 0.3 is 0 Å². The van der Waals surface area contributed by atoms with Crippen molar-refractivity contribution in [2.24, 2.45) is 0 Å². The highest BCUT2D eigenvalue weighted by atomic mass is 32.2. The SMILES string of the molecule is CS(=O)(=O)C(=C1CN(C(c2ccccc2)c2ccccc2)C1)c1cccc(F)c1F. The molecule has 0 atom stereocenters. The van der Waals surface area contributed by atoms with Gasteiger partial charge in [0.2, 0.25) is 0 Å². The van der Waals surface area contributed by atoms with Gasteiger partial charge in [0.25, 0.3) is 0 Å². The number of hydrogen-bond donors (Lipinski definition) is 0. The molecule has 4 rings (SSSR count). The smallest absolute Gasteiger partial charge is 0.176 e. The minimum atomic E-state index is -3.75. The van der Waals surface area contributed by atoms with Gasteiger partial charge in [-0.05, 0) is 22.8 Å². The van der Waals surface area contributed by atoms with Crippen LogP contribution in [-0.4, -0.2) is 32.7 Å². The molecule has 1 saturated heterocycles. The summed E-state index contributed by atoms with van der Waals surface area (Å²) in [4.78, 5) is 2.01. The van der Waals surface area contributed by atoms with E-state index in [1.807, 2.05) is 60.7 Å². The molecule has 3 aromatic rings. The second-order valence-electron chi connectivity index (χ2n) is 7.44. The number of benzene rings is 3. The fraction of sp³-hybridized carbons (Fsp3) is 0.167. The Bertz CT molecular complexity index is 1140. The lowest BCUT2D eigenvalue weighted by atomic mass is 9.92. The molecule has 0 aromatic heterocycles. The Morgan fingerprint density at radius 1 is 0.833 bits per heavy atom. The summed E-state index contributed by atoms with van der Waals surface area (Å²) >= 11 is 0. The molecule has 0 aliphatic carbocycles. The predicted octanol–water partition coefficient (Wildman–Crippen LogP) is 4.83. The lowest BCUT2D eigenvalue weighted by molar-refractivity contribution is 0.203. The Morgan fingerprint density at radius 2 is 1.37 bits per heavy atom. The number of rotatable bonds is 5. The monoisotopic (exact) mass is 425 g/mol. The molecule has 0 unspecified atom stereocenters. The van der Waals surface area contributed by atoms with E-state index in [2.05, 4.69) is 4.90 Å². The van der Waals surface area contributed by atoms with Crippen LogP contribution < -0.4 is 0 Å². The van der Waals surface area contributed by atoms with Gasteiger partial charge in [-0.15, -0.1) is 0 Å². The summed E-state index contributed by atoms with van der Waals surface area (Å²) in [6.45, 7) is 0.708. The van der Waals surface area contributed by atoms with E-state index in [0.717, 1.165) is 23.4 Å². The lowest BCUT2D eigenvalue weighted by Gasteiger charge is -2.42. The molecule has 3 nitrogen and oxygen atoms in total. The summed E-state index contributed by atoms with van der Waals surface area (Å²) in [5.41, 5.74) is 2.54. The van der Waals surface area contributed by atoms with Crippen LogP contribution >= 0.6 is 0 Å². The molecular formula is C24H21F2NO2S. The van der Waals surface area contributed by atoms with Crippen LogP contribution in [0.5, 0.6) is 0 Å². The molecule has 0 amide bonds. The topological polar surface area (TPSA) is 37.4 Å². The molecule has 6 heteroatoms. The van der Waals surface area contributed by atoms with Gasteiger partial charge in [-0.3, -0.25) is 4.90 Å². The van der Waals surface area contributed by atoms with Gasteiger partial charge in [-0.2, -0.15) is 0 Å². The average Bonchev–Trinajstić information content (AvgIpc) is 2.70. The lowest BCUT2D eigenvalue weighted by Crippen LogP contribution is -2.44. The van der Waals surface area contributed by atoms with E-state index in [0.29, 0.717) is 18.7 Å². The average molecular weight is 426 g/mol. The van der Waals surface area contributed by atoms with Crippen molar-refractivity contribution in [2.75, 3.05) is 19.3 Å². The molecule has 1 aliphatic heterocycles. The Hall–Kier alpha value is -2.83. The van der Waals surface area contributed by atoms with Crippen LogP contribution in [0.25, 0.3) is 4.91 Å². The van der Waals surface area contributed by atoms with Gasteiger partial charge in [0.05, 0.1) is 10.9 Å². The number of sulfone groups is 1. The summed E-state index contributed by atoms with van der Waals surface area (Å²) in [6, 6.07) is 23.4. The molecule has 1 aliphatic rings. The molecule has 30 heavy (non-hydrogen) atoms. The standard InChI is InChI=1S/C24H21F2NO2S/c1-30(28,29)24(20-13-8-14-21(25)22(20)26)19-15-27(16-19)23(17-9-4-2-5-10-17)18-11-6-3-7-12-18/h2-14,23H,15-16H2,1H3. The minimum absolute atomic E-state index is 0.0608. The maximum atomic E-state index is 14.4. The summed E-state index contributed by atoms with van der Waals surface area (Å²) < 4.78 is 53.1. The molecule has 0 N–H and O–H groups in total. The Labute approximate surface area is 175 Å². The summed E-state index contributed by atoms with van der Waals surface area (Å²) in [6.07, 6.45) is 1.04. The molecule has 3 aromatic carbocycles. The molecule has 0 spiro atoms. The van der Waals surface area contributed by atoms with Gasteiger partial charge in [0.15, 0.2) is 21.5 Å². The number of hydrogen-bond acceptors (Lipinski definition) is 3. The van der Waals surface area contributed by atoms with Crippen LogP contribution in [0, 0.1) is 11.6 Å². The molecule has 154 valence electrons. The highest BCUT2D eigenvalue weighted by Gasteiger charge is 2.35. The highest BCUT2D eigenvalue weighted by molar-refractivity contribution is 8.00. The maximum absolute atomic E-state index is 14.4. The highest BCUT2D eigenvalue weighted by Crippen LogP contribution is 2.38. The van der Waals surface area contributed by atoms with E-state index < -0.39 is 21.5 Å². The molecule has 0 bridgehead atoms. The third kappa shape index (κ3) is 3.93. The number of halogens is 2. The zero-order valence-corrected chi connectivity index (χ0v) is 17.2. The van der Waals surface area contributed by atoms with Crippen molar-refractivity contribution in [3.8, 4) is 0 Å². The minimum Gasteiger partial charge on any atom is -0.284 e. The zero-order chi connectivity index (χ0) is 21.3. The van der Waals surface area contributed by atoms with Crippen LogP contribution in [0.2, 0.25) is 0 Å². The third-order valence-corrected chi connectivity index (χ3v) is 6.52. The largest absolute Gasteiger partial charge is 0.284 e. The van der Waals surface area contributed by atoms with Gasteiger partial charge in [0, 0.05) is 24.9 Å². The Morgan fingerprint density at radius 3 is 1.87 bits per heavy atom. The van der Waals surface area contributed by atoms with Crippen molar-refractivity contribution in [1.82, 2.24) is 4.90 Å². The number of nitrogens with zero attached hydrogens (tertiary/aromatic N) is 1. The predicted molar refractivity (Wildman–Crippen MR) is 114 cm³/mol. The van der Waals surface area contributed by atoms with E-state index in [-0.39, 0.29) is 16.5 Å². The fourth-order valence-electron chi connectivity index (χ4n) is 3.99. The van der Waals surface area contributed by atoms with Crippen LogP contribution in [0.3, 0.4) is 0 Å². The maximum Gasteiger partial charge on any atom is 0.176 e. The quantitative estimate of drug-likeness (QED) is 0.588. The first-order valence-corrected chi connectivity index (χ1v) is 11.5. The van der Waals surface area contributed by atoms with Crippen molar-refractivity contribution < 1.29 is 17.2 Å². The summed E-state index contributed by atoms with van der Waals surface area (Å²) in [5, 5.41) is 0. The zero-order valence-electron chi connectivity index (χ0n) is 16.4. The first kappa shape index (κ1) is 20.4. The van der Waals surface area contributed by atoms with E-state index >= 15 is 0 Å². The van der Waals surface area contributed by atoms with Gasteiger partial charge in [-0.25, -0.2) is 17.2 Å². The van der Waals surface area contributed by atoms with Crippen molar-refractivity contribution >= 4 is 14.7 Å². The van der Waals surface area contributed by atoms with Crippen LogP contribution in [-0.2, 0) is 9.84 Å². The van der Waals surface area contributed by atoms with E-state index in [1.54, 1.807) is 0 Å². The molecule has 1 fully saturated rings. The first-order valence-electron chi connectivity index (χ1n) is 9.56. The molecule has 1 heterocycles. The Kier molecular flexibility index (Phi) is 5.54. The second kappa shape index (κ2) is 8.13. The second-order valence-corrected chi connectivity index (χ2v) is 9.39. The van der Waals surface area contributed by atoms with Gasteiger partial charge < -0.3 is 0 Å². The van der Waals surface area contributed by atoms with Gasteiger partial charge in [-0.1, -0.05) is 72.8 Å². The Balaban J connectivity index is 1.74. The summed E-state index contributed by atoms with van der Waals surface area (Å²) in [5.74, 6) is -2.19. The molecule has 0 saturated carbocycles. The number of likely N-dealkylation sites (tertiary alicyclic amines) is 1. The van der Waals surface area contributed by atoms with E-state index in [9.17, 15) is 17.2 Å². The van der Waals surface area contributed by atoms with Gasteiger partial charge in [0.1, 0.15) is 0 Å². The third-order valence-electron chi connectivity index (χ3n) is 5.27. The first-order chi connectivity index (χ1) is 14.4. The fourth-order valence-corrected chi connectivity index (χ4v) is 5.20. The van der Waals surface area contributed by atoms with E-state index in [1.165, 1.54) is 12.1 Å².